The van der Waals surface area contributed by atoms with Gasteiger partial charge in [-0.2, -0.15) is 4.31 Å². The lowest BCUT2D eigenvalue weighted by molar-refractivity contribution is -0.121. The van der Waals surface area contributed by atoms with Crippen molar-refractivity contribution in [1.29, 1.82) is 0 Å². The molecule has 0 heterocycles. The number of nitrogens with zero attached hydrogens (tertiary/aromatic N) is 1. The highest BCUT2D eigenvalue weighted by Gasteiger charge is 2.26. The SMILES string of the molecule is C=CCNC(=O)CN(CCc1ccccc1)S(=O)(=O)c1ccc(OC)cc1. The van der Waals surface area contributed by atoms with Gasteiger partial charge >= 0.3 is 0 Å². The summed E-state index contributed by atoms with van der Waals surface area (Å²) >= 11 is 0. The van der Waals surface area contributed by atoms with E-state index in [1.165, 1.54) is 23.5 Å². The monoisotopic (exact) mass is 388 g/mol. The molecule has 0 saturated carbocycles. The number of carbonyl (C=O) groups excluding carboxylic acids is 1. The molecular formula is C20H24N2O4S. The number of amides is 1. The van der Waals surface area contributed by atoms with Crippen LogP contribution in [0.4, 0.5) is 0 Å². The largest absolute Gasteiger partial charge is 0.497 e. The predicted octanol–water partition coefficient (Wildman–Crippen LogP) is 2.23. The van der Waals surface area contributed by atoms with Gasteiger partial charge in [-0.15, -0.1) is 6.58 Å². The van der Waals surface area contributed by atoms with Crippen molar-refractivity contribution in [2.75, 3.05) is 26.7 Å². The first kappa shape index (κ1) is 20.7. The molecule has 144 valence electrons. The molecule has 6 nitrogen and oxygen atoms in total. The molecular weight excluding hydrogens is 364 g/mol. The molecule has 1 N–H and O–H groups in total. The molecule has 0 aliphatic heterocycles. The second-order valence-corrected chi connectivity index (χ2v) is 7.78. The Morgan fingerprint density at radius 1 is 1.15 bits per heavy atom. The first-order valence-corrected chi connectivity index (χ1v) is 9.97. The average molecular weight is 388 g/mol. The number of nitrogens with one attached hydrogen (secondary N) is 1. The molecule has 0 fully saturated rings. The number of ether oxygens (including phenoxy) is 1. The van der Waals surface area contributed by atoms with Gasteiger partial charge in [-0.25, -0.2) is 8.42 Å². The molecule has 2 rings (SSSR count). The van der Waals surface area contributed by atoms with Crippen LogP contribution in [0.5, 0.6) is 5.75 Å². The van der Waals surface area contributed by atoms with Crippen molar-refractivity contribution in [2.24, 2.45) is 0 Å². The summed E-state index contributed by atoms with van der Waals surface area (Å²) in [6.45, 7) is 3.77. The fourth-order valence-electron chi connectivity index (χ4n) is 2.48. The minimum Gasteiger partial charge on any atom is -0.497 e. The van der Waals surface area contributed by atoms with Crippen LogP contribution in [0.1, 0.15) is 5.56 Å². The van der Waals surface area contributed by atoms with E-state index in [1.807, 2.05) is 30.3 Å². The van der Waals surface area contributed by atoms with E-state index in [1.54, 1.807) is 18.2 Å². The van der Waals surface area contributed by atoms with Gasteiger partial charge in [0.05, 0.1) is 18.6 Å². The summed E-state index contributed by atoms with van der Waals surface area (Å²) in [5.41, 5.74) is 0.999. The lowest BCUT2D eigenvalue weighted by Crippen LogP contribution is -2.41. The van der Waals surface area contributed by atoms with Gasteiger partial charge in [0.1, 0.15) is 5.75 Å². The van der Waals surface area contributed by atoms with Crippen molar-refractivity contribution in [2.45, 2.75) is 11.3 Å². The molecule has 0 bridgehead atoms. The molecule has 0 atom stereocenters. The van der Waals surface area contributed by atoms with Gasteiger partial charge in [-0.3, -0.25) is 4.79 Å². The van der Waals surface area contributed by atoms with E-state index in [0.717, 1.165) is 5.56 Å². The molecule has 0 unspecified atom stereocenters. The highest BCUT2D eigenvalue weighted by molar-refractivity contribution is 7.89. The Morgan fingerprint density at radius 3 is 2.41 bits per heavy atom. The molecule has 0 aromatic heterocycles. The Labute approximate surface area is 160 Å². The quantitative estimate of drug-likeness (QED) is 0.634. The van der Waals surface area contributed by atoms with Crippen molar-refractivity contribution in [1.82, 2.24) is 9.62 Å². The van der Waals surface area contributed by atoms with Gasteiger partial charge in [-0.05, 0) is 36.2 Å². The fourth-order valence-corrected chi connectivity index (χ4v) is 3.88. The Kier molecular flexibility index (Phi) is 7.57. The summed E-state index contributed by atoms with van der Waals surface area (Å²) in [5.74, 6) is 0.188. The molecule has 1 amide bonds. The van der Waals surface area contributed by atoms with E-state index < -0.39 is 10.0 Å². The zero-order chi connectivity index (χ0) is 19.7. The number of sulfonamides is 1. The maximum absolute atomic E-state index is 13.0. The molecule has 0 aliphatic rings. The summed E-state index contributed by atoms with van der Waals surface area (Å²) in [6.07, 6.45) is 2.05. The van der Waals surface area contributed by atoms with Gasteiger partial charge in [0, 0.05) is 13.1 Å². The van der Waals surface area contributed by atoms with E-state index in [2.05, 4.69) is 11.9 Å². The minimum atomic E-state index is -3.83. The van der Waals surface area contributed by atoms with Gasteiger partial charge in [0.2, 0.25) is 15.9 Å². The van der Waals surface area contributed by atoms with Crippen LogP contribution < -0.4 is 10.1 Å². The highest BCUT2D eigenvalue weighted by atomic mass is 32.2. The Morgan fingerprint density at radius 2 is 1.81 bits per heavy atom. The van der Waals surface area contributed by atoms with Crippen molar-refractivity contribution < 1.29 is 17.9 Å². The van der Waals surface area contributed by atoms with Crippen LogP contribution in [-0.2, 0) is 21.2 Å². The lowest BCUT2D eigenvalue weighted by atomic mass is 10.1. The molecule has 0 saturated heterocycles. The van der Waals surface area contributed by atoms with Crippen LogP contribution in [0.3, 0.4) is 0 Å². The predicted molar refractivity (Wildman–Crippen MR) is 105 cm³/mol. The maximum Gasteiger partial charge on any atom is 0.243 e. The zero-order valence-electron chi connectivity index (χ0n) is 15.3. The van der Waals surface area contributed by atoms with Crippen LogP contribution in [0, 0.1) is 0 Å². The fraction of sp³-hybridized carbons (Fsp3) is 0.250. The Hall–Kier alpha value is -2.64. The van der Waals surface area contributed by atoms with E-state index in [0.29, 0.717) is 12.2 Å². The summed E-state index contributed by atoms with van der Waals surface area (Å²) < 4.78 is 32.4. The molecule has 2 aromatic carbocycles. The summed E-state index contributed by atoms with van der Waals surface area (Å²) in [6, 6.07) is 15.7. The van der Waals surface area contributed by atoms with Crippen molar-refractivity contribution in [3.05, 3.63) is 72.8 Å². The van der Waals surface area contributed by atoms with E-state index in [4.69, 9.17) is 4.74 Å². The van der Waals surface area contributed by atoms with Crippen LogP contribution >= 0.6 is 0 Å². The third kappa shape index (κ3) is 5.94. The molecule has 0 radical (unpaired) electrons. The molecule has 2 aromatic rings. The summed E-state index contributed by atoms with van der Waals surface area (Å²) in [5, 5.41) is 2.62. The minimum absolute atomic E-state index is 0.118. The molecule has 0 aliphatic carbocycles. The Balaban J connectivity index is 2.22. The number of hydrogen-bond acceptors (Lipinski definition) is 4. The standard InChI is InChI=1S/C20H24N2O4S/c1-3-14-21-20(23)16-22(15-13-17-7-5-4-6-8-17)27(24,25)19-11-9-18(26-2)10-12-19/h3-12H,1,13-16H2,2H3,(H,21,23). The van der Waals surface area contributed by atoms with Gasteiger partial charge in [-0.1, -0.05) is 36.4 Å². The maximum atomic E-state index is 13.0. The van der Waals surface area contributed by atoms with Crippen LogP contribution in [-0.4, -0.2) is 45.4 Å². The number of carbonyl (C=O) groups is 1. The normalized spacial score (nSPS) is 11.2. The molecule has 7 heteroatoms. The lowest BCUT2D eigenvalue weighted by Gasteiger charge is -2.22. The third-order valence-corrected chi connectivity index (χ3v) is 5.81. The number of benzene rings is 2. The second-order valence-electron chi connectivity index (χ2n) is 5.84. The molecule has 27 heavy (non-hydrogen) atoms. The van der Waals surface area contributed by atoms with E-state index in [9.17, 15) is 13.2 Å². The first-order valence-electron chi connectivity index (χ1n) is 8.53. The Bertz CT molecular complexity index is 849. The average Bonchev–Trinajstić information content (AvgIpc) is 2.70. The van der Waals surface area contributed by atoms with Crippen molar-refractivity contribution >= 4 is 15.9 Å². The summed E-state index contributed by atoms with van der Waals surface area (Å²) in [4.78, 5) is 12.2. The van der Waals surface area contributed by atoms with Crippen LogP contribution in [0.2, 0.25) is 0 Å². The van der Waals surface area contributed by atoms with Crippen molar-refractivity contribution in [3.8, 4) is 5.75 Å². The van der Waals surface area contributed by atoms with Crippen LogP contribution in [0.25, 0.3) is 0 Å². The molecule has 0 spiro atoms. The van der Waals surface area contributed by atoms with Gasteiger partial charge in [0.25, 0.3) is 0 Å². The third-order valence-electron chi connectivity index (χ3n) is 3.95. The van der Waals surface area contributed by atoms with Crippen LogP contribution in [0.15, 0.2) is 72.1 Å². The zero-order valence-corrected chi connectivity index (χ0v) is 16.1. The number of rotatable bonds is 10. The van der Waals surface area contributed by atoms with E-state index >= 15 is 0 Å². The number of methoxy groups -OCH3 is 1. The smallest absolute Gasteiger partial charge is 0.243 e. The summed E-state index contributed by atoms with van der Waals surface area (Å²) in [7, 11) is -2.31. The van der Waals surface area contributed by atoms with Gasteiger partial charge in [0.15, 0.2) is 0 Å². The number of hydrogen-bond donors (Lipinski definition) is 1. The topological polar surface area (TPSA) is 75.7 Å². The highest BCUT2D eigenvalue weighted by Crippen LogP contribution is 2.20. The van der Waals surface area contributed by atoms with Gasteiger partial charge < -0.3 is 10.1 Å². The van der Waals surface area contributed by atoms with E-state index in [-0.39, 0.29) is 30.4 Å². The first-order chi connectivity index (χ1) is 13.0. The van der Waals surface area contributed by atoms with Crippen molar-refractivity contribution in [3.63, 3.8) is 0 Å². The second kappa shape index (κ2) is 9.89.